The largest absolute Gasteiger partial charge is 0.382 e. The molecule has 1 atom stereocenters. The molecule has 0 fully saturated rings. The summed E-state index contributed by atoms with van der Waals surface area (Å²) in [6, 6.07) is 0. The number of amides is 1. The zero-order valence-corrected chi connectivity index (χ0v) is 8.26. The van der Waals surface area contributed by atoms with Crippen molar-refractivity contribution in [3.8, 4) is 0 Å². The van der Waals surface area contributed by atoms with Gasteiger partial charge >= 0.3 is 0 Å². The Kier molecular flexibility index (Phi) is 4.02. The number of aliphatic hydroxyl groups excluding tert-OH is 1. The number of rotatable bonds is 6. The molecule has 0 spiro atoms. The van der Waals surface area contributed by atoms with Gasteiger partial charge in [-0.25, -0.2) is 4.68 Å². The lowest BCUT2D eigenvalue weighted by Gasteiger charge is -2.06. The van der Waals surface area contributed by atoms with Crippen molar-refractivity contribution in [3.05, 3.63) is 24.5 Å². The standard InChI is InChI=1S/C9H14N4O2/c1-2-13-6-7(4-12-13)3-11-5-8(14)9(10)15/h2,4,6,8,11,14H,1,3,5H2,(H2,10,15). The number of aliphatic hydroxyl groups is 1. The molecule has 0 saturated heterocycles. The molecule has 1 aromatic rings. The van der Waals surface area contributed by atoms with E-state index in [0.29, 0.717) is 6.54 Å². The van der Waals surface area contributed by atoms with Crippen molar-refractivity contribution in [1.29, 1.82) is 0 Å². The van der Waals surface area contributed by atoms with Gasteiger partial charge < -0.3 is 16.2 Å². The number of hydrogen-bond donors (Lipinski definition) is 3. The normalized spacial score (nSPS) is 12.3. The van der Waals surface area contributed by atoms with E-state index in [1.54, 1.807) is 23.3 Å². The van der Waals surface area contributed by atoms with Crippen LogP contribution in [0.4, 0.5) is 0 Å². The molecular formula is C9H14N4O2. The third-order valence-electron chi connectivity index (χ3n) is 1.84. The number of aromatic nitrogens is 2. The quantitative estimate of drug-likeness (QED) is 0.556. The summed E-state index contributed by atoms with van der Waals surface area (Å²) in [6.07, 6.45) is 3.88. The number of nitrogens with two attached hydrogens (primary N) is 1. The Labute approximate surface area is 87.4 Å². The minimum absolute atomic E-state index is 0.134. The highest BCUT2D eigenvalue weighted by atomic mass is 16.3. The van der Waals surface area contributed by atoms with Crippen LogP contribution in [0.5, 0.6) is 0 Å². The minimum atomic E-state index is -1.15. The van der Waals surface area contributed by atoms with Crippen molar-refractivity contribution >= 4 is 12.1 Å². The molecule has 4 N–H and O–H groups in total. The van der Waals surface area contributed by atoms with E-state index in [-0.39, 0.29) is 6.54 Å². The van der Waals surface area contributed by atoms with Gasteiger partial charge in [-0.3, -0.25) is 4.79 Å². The van der Waals surface area contributed by atoms with Gasteiger partial charge in [-0.05, 0) is 0 Å². The van der Waals surface area contributed by atoms with Gasteiger partial charge in [0.15, 0.2) is 0 Å². The fourth-order valence-corrected chi connectivity index (χ4v) is 1.02. The molecule has 6 nitrogen and oxygen atoms in total. The molecule has 0 bridgehead atoms. The highest BCUT2D eigenvalue weighted by Gasteiger charge is 2.09. The van der Waals surface area contributed by atoms with Crippen molar-refractivity contribution in [2.75, 3.05) is 6.54 Å². The van der Waals surface area contributed by atoms with Crippen molar-refractivity contribution in [1.82, 2.24) is 15.1 Å². The Morgan fingerprint density at radius 1 is 1.87 bits per heavy atom. The molecule has 15 heavy (non-hydrogen) atoms. The molecule has 1 amide bonds. The van der Waals surface area contributed by atoms with Gasteiger partial charge in [-0.1, -0.05) is 6.58 Å². The van der Waals surface area contributed by atoms with E-state index >= 15 is 0 Å². The third kappa shape index (κ3) is 3.53. The number of carbonyl (C=O) groups excluding carboxylic acids is 1. The van der Waals surface area contributed by atoms with Crippen molar-refractivity contribution in [3.63, 3.8) is 0 Å². The summed E-state index contributed by atoms with van der Waals surface area (Å²) in [7, 11) is 0. The summed E-state index contributed by atoms with van der Waals surface area (Å²) in [5.41, 5.74) is 5.82. The lowest BCUT2D eigenvalue weighted by molar-refractivity contribution is -0.125. The zero-order valence-electron chi connectivity index (χ0n) is 8.26. The van der Waals surface area contributed by atoms with Gasteiger partial charge in [0.1, 0.15) is 6.10 Å². The van der Waals surface area contributed by atoms with E-state index in [2.05, 4.69) is 17.0 Å². The SMILES string of the molecule is C=Cn1cc(CNCC(O)C(N)=O)cn1. The van der Waals surface area contributed by atoms with Crippen LogP contribution in [0.25, 0.3) is 6.20 Å². The second kappa shape index (κ2) is 5.28. The maximum Gasteiger partial charge on any atom is 0.247 e. The van der Waals surface area contributed by atoms with Gasteiger partial charge in [0.25, 0.3) is 0 Å². The Bertz CT molecular complexity index is 348. The van der Waals surface area contributed by atoms with Crippen LogP contribution in [-0.2, 0) is 11.3 Å². The fourth-order valence-electron chi connectivity index (χ4n) is 1.02. The first-order chi connectivity index (χ1) is 7.13. The molecule has 0 aliphatic rings. The van der Waals surface area contributed by atoms with Crippen LogP contribution < -0.4 is 11.1 Å². The summed E-state index contributed by atoms with van der Waals surface area (Å²) < 4.78 is 1.57. The van der Waals surface area contributed by atoms with Gasteiger partial charge in [0, 0.05) is 31.0 Å². The maximum atomic E-state index is 10.5. The van der Waals surface area contributed by atoms with Gasteiger partial charge in [-0.15, -0.1) is 0 Å². The Morgan fingerprint density at radius 2 is 2.60 bits per heavy atom. The van der Waals surface area contributed by atoms with E-state index < -0.39 is 12.0 Å². The number of nitrogens with one attached hydrogen (secondary N) is 1. The van der Waals surface area contributed by atoms with Crippen molar-refractivity contribution in [2.45, 2.75) is 12.6 Å². The molecule has 82 valence electrons. The van der Waals surface area contributed by atoms with Gasteiger partial charge in [0.2, 0.25) is 5.91 Å². The van der Waals surface area contributed by atoms with Gasteiger partial charge in [-0.2, -0.15) is 5.10 Å². The minimum Gasteiger partial charge on any atom is -0.382 e. The van der Waals surface area contributed by atoms with Crippen LogP contribution in [0.15, 0.2) is 19.0 Å². The molecule has 6 heteroatoms. The first-order valence-corrected chi connectivity index (χ1v) is 4.47. The summed E-state index contributed by atoms with van der Waals surface area (Å²) in [5.74, 6) is -0.732. The van der Waals surface area contributed by atoms with Crippen LogP contribution in [0.3, 0.4) is 0 Å². The van der Waals surface area contributed by atoms with E-state index in [4.69, 9.17) is 10.8 Å². The van der Waals surface area contributed by atoms with E-state index in [9.17, 15) is 4.79 Å². The molecule has 0 saturated carbocycles. The van der Waals surface area contributed by atoms with E-state index in [0.717, 1.165) is 5.56 Å². The van der Waals surface area contributed by atoms with E-state index in [1.807, 2.05) is 0 Å². The van der Waals surface area contributed by atoms with Gasteiger partial charge in [0.05, 0.1) is 6.20 Å². The molecule has 0 radical (unpaired) electrons. The van der Waals surface area contributed by atoms with Crippen LogP contribution in [0.2, 0.25) is 0 Å². The molecular weight excluding hydrogens is 196 g/mol. The molecule has 0 aliphatic carbocycles. The second-order valence-electron chi connectivity index (χ2n) is 3.06. The molecule has 1 aromatic heterocycles. The smallest absolute Gasteiger partial charge is 0.247 e. The van der Waals surface area contributed by atoms with Crippen LogP contribution in [-0.4, -0.2) is 33.4 Å². The summed E-state index contributed by atoms with van der Waals surface area (Å²) in [5, 5.41) is 15.9. The highest BCUT2D eigenvalue weighted by Crippen LogP contribution is 1.96. The summed E-state index contributed by atoms with van der Waals surface area (Å²) >= 11 is 0. The predicted octanol–water partition coefficient (Wildman–Crippen LogP) is -1.08. The highest BCUT2D eigenvalue weighted by molar-refractivity contribution is 5.78. The van der Waals surface area contributed by atoms with Crippen LogP contribution >= 0.6 is 0 Å². The molecule has 1 unspecified atom stereocenters. The Hall–Kier alpha value is -1.66. The average molecular weight is 210 g/mol. The fraction of sp³-hybridized carbons (Fsp3) is 0.333. The lowest BCUT2D eigenvalue weighted by Crippen LogP contribution is -2.37. The average Bonchev–Trinajstić information content (AvgIpc) is 2.65. The second-order valence-corrected chi connectivity index (χ2v) is 3.06. The molecule has 0 aliphatic heterocycles. The molecule has 0 aromatic carbocycles. The lowest BCUT2D eigenvalue weighted by atomic mass is 10.3. The Balaban J connectivity index is 2.31. The summed E-state index contributed by atoms with van der Waals surface area (Å²) in [4.78, 5) is 10.5. The maximum absolute atomic E-state index is 10.5. The number of nitrogens with zero attached hydrogens (tertiary/aromatic N) is 2. The van der Waals surface area contributed by atoms with Crippen LogP contribution in [0, 0.1) is 0 Å². The van der Waals surface area contributed by atoms with Crippen molar-refractivity contribution in [2.24, 2.45) is 5.73 Å². The summed E-state index contributed by atoms with van der Waals surface area (Å²) in [6.45, 7) is 4.20. The number of hydrogen-bond acceptors (Lipinski definition) is 4. The third-order valence-corrected chi connectivity index (χ3v) is 1.84. The predicted molar refractivity (Wildman–Crippen MR) is 55.5 cm³/mol. The molecule has 1 rings (SSSR count). The zero-order chi connectivity index (χ0) is 11.3. The first kappa shape index (κ1) is 11.4. The monoisotopic (exact) mass is 210 g/mol. The first-order valence-electron chi connectivity index (χ1n) is 4.47. The topological polar surface area (TPSA) is 93.2 Å². The number of primary amides is 1. The Morgan fingerprint density at radius 3 is 3.13 bits per heavy atom. The van der Waals surface area contributed by atoms with Crippen LogP contribution in [0.1, 0.15) is 5.56 Å². The molecule has 1 heterocycles. The van der Waals surface area contributed by atoms with E-state index in [1.165, 1.54) is 0 Å². The number of carbonyl (C=O) groups is 1. The van der Waals surface area contributed by atoms with Crippen molar-refractivity contribution < 1.29 is 9.90 Å².